The first-order valence-corrected chi connectivity index (χ1v) is 9.48. The number of hydrogen-bond acceptors (Lipinski definition) is 7. The fourth-order valence-corrected chi connectivity index (χ4v) is 4.34. The Morgan fingerprint density at radius 2 is 1.60 bits per heavy atom. The van der Waals surface area contributed by atoms with Crippen LogP contribution in [0.5, 0.6) is 5.75 Å². The minimum absolute atomic E-state index is 0.128. The Kier molecular flexibility index (Phi) is 5.66. The van der Waals surface area contributed by atoms with Gasteiger partial charge < -0.3 is 4.18 Å². The van der Waals surface area contributed by atoms with Gasteiger partial charge in [0.15, 0.2) is 0 Å². The SMILES string of the molecule is CN1OCC(S(=O)(=O)Oc2c(F)c(F)c(F)c(F)c2F)C1c1ccccc1[N+](=O)[O-]. The van der Waals surface area contributed by atoms with Crippen LogP contribution in [0.3, 0.4) is 0 Å². The Morgan fingerprint density at radius 3 is 2.17 bits per heavy atom. The molecule has 162 valence electrons. The number of para-hydroxylation sites is 1. The van der Waals surface area contributed by atoms with E-state index in [0.29, 0.717) is 0 Å². The lowest BCUT2D eigenvalue weighted by atomic mass is 10.0. The molecule has 3 rings (SSSR count). The minimum Gasteiger partial charge on any atom is -0.376 e. The zero-order chi connectivity index (χ0) is 22.4. The molecule has 0 amide bonds. The van der Waals surface area contributed by atoms with Gasteiger partial charge in [-0.3, -0.25) is 15.0 Å². The molecule has 2 aromatic rings. The third kappa shape index (κ3) is 3.57. The number of hydroxylamine groups is 2. The average molecular weight is 454 g/mol. The maximum atomic E-state index is 13.8. The molecule has 0 radical (unpaired) electrons. The van der Waals surface area contributed by atoms with Crippen LogP contribution in [0, 0.1) is 39.2 Å². The lowest BCUT2D eigenvalue weighted by Gasteiger charge is -2.22. The summed E-state index contributed by atoms with van der Waals surface area (Å²) in [5, 5.41) is 10.4. The summed E-state index contributed by atoms with van der Waals surface area (Å²) >= 11 is 0. The molecule has 2 atom stereocenters. The maximum absolute atomic E-state index is 13.8. The maximum Gasteiger partial charge on any atom is 0.316 e. The number of rotatable bonds is 5. The van der Waals surface area contributed by atoms with E-state index in [-0.39, 0.29) is 5.56 Å². The fraction of sp³-hybridized carbons (Fsp3) is 0.250. The van der Waals surface area contributed by atoms with Crippen molar-refractivity contribution in [2.45, 2.75) is 11.3 Å². The number of hydrogen-bond donors (Lipinski definition) is 0. The number of nitro groups is 1. The van der Waals surface area contributed by atoms with E-state index in [1.807, 2.05) is 0 Å². The average Bonchev–Trinajstić information content (AvgIpc) is 3.10. The van der Waals surface area contributed by atoms with E-state index in [1.54, 1.807) is 0 Å². The third-order valence-corrected chi connectivity index (χ3v) is 5.91. The summed E-state index contributed by atoms with van der Waals surface area (Å²) in [7, 11) is -3.86. The molecule has 0 saturated carbocycles. The van der Waals surface area contributed by atoms with Crippen molar-refractivity contribution in [1.82, 2.24) is 5.06 Å². The molecule has 1 fully saturated rings. The van der Waals surface area contributed by atoms with Gasteiger partial charge in [-0.05, 0) is 0 Å². The summed E-state index contributed by atoms with van der Waals surface area (Å²) in [6.45, 7) is -0.662. The third-order valence-electron chi connectivity index (χ3n) is 4.38. The van der Waals surface area contributed by atoms with Crippen molar-refractivity contribution in [2.24, 2.45) is 0 Å². The molecule has 8 nitrogen and oxygen atoms in total. The smallest absolute Gasteiger partial charge is 0.316 e. The second-order valence-corrected chi connectivity index (χ2v) is 7.87. The van der Waals surface area contributed by atoms with Crippen molar-refractivity contribution in [2.75, 3.05) is 13.7 Å². The van der Waals surface area contributed by atoms with Gasteiger partial charge in [0.25, 0.3) is 5.69 Å². The molecule has 1 aliphatic heterocycles. The molecule has 2 aromatic carbocycles. The van der Waals surface area contributed by atoms with Crippen molar-refractivity contribution in [1.29, 1.82) is 0 Å². The predicted octanol–water partition coefficient (Wildman–Crippen LogP) is 2.99. The van der Waals surface area contributed by atoms with Crippen LogP contribution in [0.2, 0.25) is 0 Å². The second kappa shape index (κ2) is 7.77. The van der Waals surface area contributed by atoms with Crippen molar-refractivity contribution in [3.8, 4) is 5.75 Å². The highest BCUT2D eigenvalue weighted by Crippen LogP contribution is 2.39. The van der Waals surface area contributed by atoms with Crippen LogP contribution in [0.25, 0.3) is 0 Å². The van der Waals surface area contributed by atoms with Crippen molar-refractivity contribution < 1.29 is 44.3 Å². The van der Waals surface area contributed by atoms with Crippen LogP contribution in [0.1, 0.15) is 11.6 Å². The summed E-state index contributed by atoms with van der Waals surface area (Å²) in [6.07, 6.45) is 0. The Balaban J connectivity index is 2.06. The first-order chi connectivity index (χ1) is 14.0. The van der Waals surface area contributed by atoms with E-state index in [2.05, 4.69) is 4.18 Å². The summed E-state index contributed by atoms with van der Waals surface area (Å²) in [6, 6.07) is 3.65. The van der Waals surface area contributed by atoms with Gasteiger partial charge in [0.05, 0.1) is 23.1 Å². The van der Waals surface area contributed by atoms with Crippen LogP contribution in [0.15, 0.2) is 24.3 Å². The molecule has 0 spiro atoms. The van der Waals surface area contributed by atoms with Gasteiger partial charge in [0.2, 0.25) is 34.8 Å². The summed E-state index contributed by atoms with van der Waals surface area (Å²) in [4.78, 5) is 15.6. The van der Waals surface area contributed by atoms with Gasteiger partial charge in [-0.15, -0.1) is 0 Å². The molecular weight excluding hydrogens is 443 g/mol. The highest BCUT2D eigenvalue weighted by molar-refractivity contribution is 7.87. The van der Waals surface area contributed by atoms with Gasteiger partial charge in [0, 0.05) is 13.1 Å². The number of nitrogens with zero attached hydrogens (tertiary/aromatic N) is 2. The molecule has 1 saturated heterocycles. The summed E-state index contributed by atoms with van der Waals surface area (Å²) < 4.78 is 97.1. The van der Waals surface area contributed by atoms with Crippen LogP contribution in [-0.4, -0.2) is 37.3 Å². The van der Waals surface area contributed by atoms with Gasteiger partial charge >= 0.3 is 10.1 Å². The summed E-state index contributed by atoms with van der Waals surface area (Å²) in [5.74, 6) is -14.3. The normalized spacial score (nSPS) is 19.8. The zero-order valence-corrected chi connectivity index (χ0v) is 15.6. The van der Waals surface area contributed by atoms with E-state index in [0.717, 1.165) is 11.1 Å². The largest absolute Gasteiger partial charge is 0.376 e. The minimum atomic E-state index is -5.10. The Hall–Kier alpha value is -2.84. The Labute approximate surface area is 165 Å². The molecule has 0 aliphatic carbocycles. The van der Waals surface area contributed by atoms with E-state index in [1.165, 1.54) is 25.2 Å². The van der Waals surface area contributed by atoms with Crippen molar-refractivity contribution >= 4 is 15.8 Å². The van der Waals surface area contributed by atoms with Crippen molar-refractivity contribution in [3.63, 3.8) is 0 Å². The van der Waals surface area contributed by atoms with Gasteiger partial charge in [-0.25, -0.2) is 13.2 Å². The van der Waals surface area contributed by atoms with Crippen LogP contribution in [0.4, 0.5) is 27.6 Å². The Morgan fingerprint density at radius 1 is 1.07 bits per heavy atom. The Bertz CT molecular complexity index is 1100. The topological polar surface area (TPSA) is 99.0 Å². The molecule has 0 aromatic heterocycles. The number of benzene rings is 2. The summed E-state index contributed by atoms with van der Waals surface area (Å²) in [5.41, 5.74) is -0.603. The first kappa shape index (κ1) is 21.9. The second-order valence-electron chi connectivity index (χ2n) is 6.12. The van der Waals surface area contributed by atoms with Crippen LogP contribution < -0.4 is 4.18 Å². The molecule has 1 aliphatic rings. The number of halogens is 5. The monoisotopic (exact) mass is 454 g/mol. The standard InChI is InChI=1S/C16H11F5N2O6S/c1-22-15(7-4-2-3-5-8(7)23(24)25)9(6-28-22)30(26,27)29-16-13(20)11(18)10(17)12(19)14(16)21/h2-5,9,15H,6H2,1H3. The molecule has 30 heavy (non-hydrogen) atoms. The molecule has 2 unspecified atom stereocenters. The zero-order valence-electron chi connectivity index (χ0n) is 14.8. The molecule has 0 bridgehead atoms. The highest BCUT2D eigenvalue weighted by atomic mass is 32.2. The molecular formula is C16H11F5N2O6S. The van der Waals surface area contributed by atoms with E-state index in [9.17, 15) is 40.5 Å². The van der Waals surface area contributed by atoms with Gasteiger partial charge in [-0.1, -0.05) is 18.2 Å². The van der Waals surface area contributed by atoms with E-state index < -0.39 is 73.5 Å². The molecule has 0 N–H and O–H groups in total. The lowest BCUT2D eigenvalue weighted by molar-refractivity contribution is -0.386. The van der Waals surface area contributed by atoms with Gasteiger partial charge in [0.1, 0.15) is 5.25 Å². The quantitative estimate of drug-likeness (QED) is 0.171. The van der Waals surface area contributed by atoms with Gasteiger partial charge in [-0.2, -0.15) is 22.3 Å². The first-order valence-electron chi connectivity index (χ1n) is 8.01. The van der Waals surface area contributed by atoms with Crippen LogP contribution in [-0.2, 0) is 15.0 Å². The fourth-order valence-electron chi connectivity index (χ4n) is 2.97. The highest BCUT2D eigenvalue weighted by Gasteiger charge is 2.47. The predicted molar refractivity (Wildman–Crippen MR) is 89.1 cm³/mol. The van der Waals surface area contributed by atoms with Crippen LogP contribution >= 0.6 is 0 Å². The molecule has 14 heteroatoms. The van der Waals surface area contributed by atoms with Crippen molar-refractivity contribution in [3.05, 3.63) is 69.0 Å². The molecule has 1 heterocycles. The lowest BCUT2D eigenvalue weighted by Crippen LogP contribution is -2.34. The number of nitro benzene ring substituents is 1. The van der Waals surface area contributed by atoms with E-state index in [4.69, 9.17) is 4.84 Å². The van der Waals surface area contributed by atoms with E-state index >= 15 is 0 Å².